The van der Waals surface area contributed by atoms with Gasteiger partial charge in [0, 0.05) is 19.4 Å². The van der Waals surface area contributed by atoms with Crippen LogP contribution in [0.25, 0.3) is 5.69 Å². The molecular weight excluding hydrogens is 398 g/mol. The fourth-order valence-corrected chi connectivity index (χ4v) is 3.57. The Morgan fingerprint density at radius 2 is 2.03 bits per heavy atom. The van der Waals surface area contributed by atoms with E-state index in [4.69, 9.17) is 23.7 Å². The van der Waals surface area contributed by atoms with Crippen molar-refractivity contribution in [2.75, 3.05) is 26.9 Å². The first-order valence-corrected chi connectivity index (χ1v) is 9.45. The van der Waals surface area contributed by atoms with Crippen LogP contribution in [0.4, 0.5) is 5.69 Å². The lowest BCUT2D eigenvalue weighted by Gasteiger charge is -2.18. The van der Waals surface area contributed by atoms with Gasteiger partial charge < -0.3 is 23.7 Å². The minimum absolute atomic E-state index is 0.0974. The van der Waals surface area contributed by atoms with Gasteiger partial charge in [0.1, 0.15) is 18.3 Å². The number of nitrogens with zero attached hydrogens (tertiary/aromatic N) is 3. The highest BCUT2D eigenvalue weighted by atomic mass is 16.6. The largest absolute Gasteiger partial charge is 0.478 e. The van der Waals surface area contributed by atoms with Gasteiger partial charge in [-0.3, -0.25) is 10.1 Å². The lowest BCUT2D eigenvalue weighted by atomic mass is 10.1. The normalized spacial score (nSPS) is 25.1. The minimum atomic E-state index is -0.532. The van der Waals surface area contributed by atoms with Gasteiger partial charge in [-0.15, -0.1) is 0 Å². The Hall–Kier alpha value is -3.02. The molecule has 11 heteroatoms. The molecule has 11 nitrogen and oxygen atoms in total. The Labute approximate surface area is 171 Å². The van der Waals surface area contributed by atoms with Gasteiger partial charge in [-0.2, -0.15) is 5.10 Å². The second-order valence-corrected chi connectivity index (χ2v) is 6.83. The number of nitro groups is 1. The number of nitro benzene ring substituents is 1. The summed E-state index contributed by atoms with van der Waals surface area (Å²) in [4.78, 5) is 22.9. The van der Waals surface area contributed by atoms with E-state index < -0.39 is 17.0 Å². The van der Waals surface area contributed by atoms with E-state index >= 15 is 0 Å². The number of methoxy groups -OCH3 is 1. The number of aromatic nitrogens is 2. The van der Waals surface area contributed by atoms with E-state index in [9.17, 15) is 14.9 Å². The summed E-state index contributed by atoms with van der Waals surface area (Å²) in [5.74, 6) is -0.417. The molecule has 2 aliphatic rings. The van der Waals surface area contributed by atoms with Gasteiger partial charge in [-0.1, -0.05) is 0 Å². The Morgan fingerprint density at radius 3 is 2.73 bits per heavy atom. The maximum atomic E-state index is 11.8. The Bertz CT molecular complexity index is 946. The Kier molecular flexibility index (Phi) is 5.66. The molecule has 0 bridgehead atoms. The minimum Gasteiger partial charge on any atom is -0.478 e. The lowest BCUT2D eigenvalue weighted by Crippen LogP contribution is -2.35. The summed E-state index contributed by atoms with van der Waals surface area (Å²) >= 11 is 0. The fourth-order valence-electron chi connectivity index (χ4n) is 3.57. The van der Waals surface area contributed by atoms with Crippen molar-refractivity contribution < 1.29 is 33.4 Å². The zero-order valence-corrected chi connectivity index (χ0v) is 16.4. The van der Waals surface area contributed by atoms with Gasteiger partial charge in [0.25, 0.3) is 0 Å². The average molecular weight is 419 g/mol. The van der Waals surface area contributed by atoms with Crippen molar-refractivity contribution in [3.05, 3.63) is 46.3 Å². The van der Waals surface area contributed by atoms with Crippen LogP contribution in [0.1, 0.15) is 17.3 Å². The van der Waals surface area contributed by atoms with Crippen LogP contribution in [-0.4, -0.2) is 72.0 Å². The Balaban J connectivity index is 1.55. The topological polar surface area (TPSA) is 124 Å². The van der Waals surface area contributed by atoms with E-state index in [-0.39, 0.29) is 48.5 Å². The molecule has 2 aliphatic heterocycles. The number of esters is 1. The first kappa shape index (κ1) is 20.3. The summed E-state index contributed by atoms with van der Waals surface area (Å²) in [5.41, 5.74) is 0.423. The zero-order chi connectivity index (χ0) is 21.3. The highest BCUT2D eigenvalue weighted by Gasteiger charge is 2.49. The molecule has 0 aliphatic carbocycles. The molecule has 1 aromatic carbocycles. The zero-order valence-electron chi connectivity index (χ0n) is 16.4. The van der Waals surface area contributed by atoms with Crippen LogP contribution >= 0.6 is 0 Å². The lowest BCUT2D eigenvalue weighted by molar-refractivity contribution is -0.386. The smallest absolute Gasteiger partial charge is 0.341 e. The molecule has 3 heterocycles. The first-order chi connectivity index (χ1) is 14.5. The van der Waals surface area contributed by atoms with Crippen molar-refractivity contribution in [2.45, 2.75) is 31.3 Å². The molecule has 1 aromatic heterocycles. The molecule has 4 atom stereocenters. The van der Waals surface area contributed by atoms with E-state index in [2.05, 4.69) is 5.10 Å². The van der Waals surface area contributed by atoms with Gasteiger partial charge in [0.2, 0.25) is 0 Å². The number of ether oxygens (including phenoxy) is 5. The van der Waals surface area contributed by atoms with Crippen LogP contribution in [0.15, 0.2) is 30.6 Å². The van der Waals surface area contributed by atoms with Crippen molar-refractivity contribution in [1.82, 2.24) is 9.78 Å². The molecule has 0 spiro atoms. The van der Waals surface area contributed by atoms with Crippen molar-refractivity contribution in [3.63, 3.8) is 0 Å². The maximum absolute atomic E-state index is 11.8. The number of rotatable bonds is 7. The van der Waals surface area contributed by atoms with Gasteiger partial charge in [-0.05, 0) is 19.1 Å². The molecule has 0 amide bonds. The molecule has 2 aromatic rings. The monoisotopic (exact) mass is 419 g/mol. The average Bonchev–Trinajstić information content (AvgIpc) is 3.46. The summed E-state index contributed by atoms with van der Waals surface area (Å²) in [7, 11) is 1.58. The van der Waals surface area contributed by atoms with Crippen LogP contribution in [-0.2, 0) is 18.9 Å². The van der Waals surface area contributed by atoms with E-state index in [0.717, 1.165) is 0 Å². The van der Waals surface area contributed by atoms with Crippen molar-refractivity contribution in [1.29, 1.82) is 0 Å². The summed E-state index contributed by atoms with van der Waals surface area (Å²) in [6.07, 6.45) is 1.50. The quantitative estimate of drug-likeness (QED) is 0.373. The molecule has 2 fully saturated rings. The Morgan fingerprint density at radius 1 is 1.30 bits per heavy atom. The second-order valence-electron chi connectivity index (χ2n) is 6.83. The third kappa shape index (κ3) is 3.74. The van der Waals surface area contributed by atoms with Crippen LogP contribution in [0.2, 0.25) is 0 Å². The highest BCUT2D eigenvalue weighted by molar-refractivity contribution is 5.88. The first-order valence-electron chi connectivity index (χ1n) is 9.45. The SMILES string of the molecule is CCOC(=O)c1cnn(-c2ccc(O[C@H]3CO[C@H]4[C@@H]3OC[C@@H]4OC)c([N+](=O)[O-])c2)c1. The van der Waals surface area contributed by atoms with Gasteiger partial charge >= 0.3 is 11.7 Å². The van der Waals surface area contributed by atoms with Gasteiger partial charge in [0.15, 0.2) is 11.9 Å². The number of hydrogen-bond acceptors (Lipinski definition) is 9. The van der Waals surface area contributed by atoms with E-state index in [1.54, 1.807) is 20.1 Å². The molecule has 0 radical (unpaired) electrons. The second kappa shape index (κ2) is 8.38. The van der Waals surface area contributed by atoms with Crippen molar-refractivity contribution in [2.24, 2.45) is 0 Å². The number of carbonyl (C=O) groups excluding carboxylic acids is 1. The molecule has 0 N–H and O–H groups in total. The van der Waals surface area contributed by atoms with Gasteiger partial charge in [-0.25, -0.2) is 9.48 Å². The molecule has 2 saturated heterocycles. The number of fused-ring (bicyclic) bond motifs is 1. The van der Waals surface area contributed by atoms with E-state index in [1.165, 1.54) is 29.2 Å². The van der Waals surface area contributed by atoms with Gasteiger partial charge in [0.05, 0.1) is 42.2 Å². The van der Waals surface area contributed by atoms with Crippen molar-refractivity contribution in [3.8, 4) is 11.4 Å². The number of hydrogen-bond donors (Lipinski definition) is 0. The molecular formula is C19H21N3O8. The predicted molar refractivity (Wildman–Crippen MR) is 101 cm³/mol. The van der Waals surface area contributed by atoms with Crippen molar-refractivity contribution >= 4 is 11.7 Å². The van der Waals surface area contributed by atoms with E-state index in [0.29, 0.717) is 12.3 Å². The summed E-state index contributed by atoms with van der Waals surface area (Å²) in [5, 5.41) is 15.7. The van der Waals surface area contributed by atoms with Crippen LogP contribution in [0.5, 0.6) is 5.75 Å². The third-order valence-corrected chi connectivity index (χ3v) is 5.04. The number of carbonyl (C=O) groups is 1. The third-order valence-electron chi connectivity index (χ3n) is 5.04. The van der Waals surface area contributed by atoms with Crippen LogP contribution < -0.4 is 4.74 Å². The molecule has 4 rings (SSSR count). The predicted octanol–water partition coefficient (Wildman–Crippen LogP) is 1.52. The number of benzene rings is 1. The summed E-state index contributed by atoms with van der Waals surface area (Å²) in [6, 6.07) is 4.44. The summed E-state index contributed by atoms with van der Waals surface area (Å²) < 4.78 is 28.9. The molecule has 30 heavy (non-hydrogen) atoms. The molecule has 0 saturated carbocycles. The van der Waals surface area contributed by atoms with Crippen LogP contribution in [0.3, 0.4) is 0 Å². The molecule has 0 unspecified atom stereocenters. The van der Waals surface area contributed by atoms with E-state index in [1.807, 2.05) is 0 Å². The maximum Gasteiger partial charge on any atom is 0.341 e. The van der Waals surface area contributed by atoms with Crippen LogP contribution in [0, 0.1) is 10.1 Å². The summed E-state index contributed by atoms with van der Waals surface area (Å²) in [6.45, 7) is 2.57. The molecule has 160 valence electrons. The highest BCUT2D eigenvalue weighted by Crippen LogP contribution is 2.35. The fraction of sp³-hybridized carbons (Fsp3) is 0.474. The standard InChI is InChI=1S/C19H21N3O8/c1-3-27-19(23)11-7-20-21(8-11)12-4-5-14(13(6-12)22(24)25)30-16-10-29-17-15(26-2)9-28-18(16)17/h4-8,15-18H,3,9-10H2,1-2H3/t15-,16-,17+,18+/m0/s1.